The Kier molecular flexibility index (Phi) is 6.10. The van der Waals surface area contributed by atoms with E-state index in [2.05, 4.69) is 47.3 Å². The lowest BCUT2D eigenvalue weighted by Crippen LogP contribution is -2.25. The summed E-state index contributed by atoms with van der Waals surface area (Å²) in [5.41, 5.74) is 2.30. The normalized spacial score (nSPS) is 16.6. The number of nitrogens with zero attached hydrogens (tertiary/aromatic N) is 3. The molecule has 1 aliphatic rings. The van der Waals surface area contributed by atoms with Gasteiger partial charge < -0.3 is 14.8 Å². The number of hydrogen-bond donors (Lipinski definition) is 1. The minimum Gasteiger partial charge on any atom is -0.473 e. The van der Waals surface area contributed by atoms with E-state index in [0.717, 1.165) is 22.4 Å². The summed E-state index contributed by atoms with van der Waals surface area (Å²) in [5.74, 6) is 1.64. The second-order valence-corrected chi connectivity index (χ2v) is 9.67. The fourth-order valence-electron chi connectivity index (χ4n) is 4.13. The van der Waals surface area contributed by atoms with E-state index in [9.17, 15) is 4.79 Å². The first-order valence-electron chi connectivity index (χ1n) is 11.3. The van der Waals surface area contributed by atoms with Crippen LogP contribution in [0.15, 0.2) is 47.3 Å². The van der Waals surface area contributed by atoms with Gasteiger partial charge in [0.2, 0.25) is 0 Å². The number of benzene rings is 1. The highest BCUT2D eigenvalue weighted by atomic mass is 32.1. The van der Waals surface area contributed by atoms with Crippen LogP contribution in [0.2, 0.25) is 0 Å². The molecule has 4 aromatic rings. The smallest absolute Gasteiger partial charge is 0.279 e. The second-order valence-electron chi connectivity index (χ2n) is 8.56. The Morgan fingerprint density at radius 1 is 1.26 bits per heavy atom. The summed E-state index contributed by atoms with van der Waals surface area (Å²) in [6.07, 6.45) is 0.737. The van der Waals surface area contributed by atoms with E-state index in [0.29, 0.717) is 41.6 Å². The molecule has 8 heteroatoms. The molecular formula is C26H27N4O3S. The summed E-state index contributed by atoms with van der Waals surface area (Å²) in [6, 6.07) is 14.2. The number of nitrogens with one attached hydrogen (secondary N) is 1. The number of hydrogen-bond acceptors (Lipinski definition) is 7. The molecular weight excluding hydrogens is 448 g/mol. The molecule has 0 amide bonds. The molecule has 3 aromatic heterocycles. The molecule has 0 aliphatic carbocycles. The quantitative estimate of drug-likeness (QED) is 0.428. The SMILES string of the molecule is [CH2]c1ccccc1-c1ccc([C@@H](C)Nc2nc(C)nc3c(=O)n(C)c(O[C@H]4CCOC4)cc23)s1. The van der Waals surface area contributed by atoms with Crippen LogP contribution in [0.5, 0.6) is 5.88 Å². The van der Waals surface area contributed by atoms with Gasteiger partial charge in [0.15, 0.2) is 5.88 Å². The highest BCUT2D eigenvalue weighted by molar-refractivity contribution is 7.15. The molecule has 0 bridgehead atoms. The summed E-state index contributed by atoms with van der Waals surface area (Å²) in [7, 11) is 1.70. The third-order valence-electron chi connectivity index (χ3n) is 6.03. The minimum atomic E-state index is -0.210. The lowest BCUT2D eigenvalue weighted by Gasteiger charge is -2.18. The van der Waals surface area contributed by atoms with Crippen LogP contribution in [0.4, 0.5) is 5.82 Å². The lowest BCUT2D eigenvalue weighted by atomic mass is 10.1. The van der Waals surface area contributed by atoms with E-state index < -0.39 is 0 Å². The van der Waals surface area contributed by atoms with Crippen molar-refractivity contribution in [1.29, 1.82) is 0 Å². The molecule has 1 radical (unpaired) electrons. The number of fused-ring (bicyclic) bond motifs is 1. The van der Waals surface area contributed by atoms with Crippen LogP contribution in [-0.2, 0) is 11.8 Å². The Balaban J connectivity index is 1.49. The summed E-state index contributed by atoms with van der Waals surface area (Å²) in [6.45, 7) is 9.22. The highest BCUT2D eigenvalue weighted by Crippen LogP contribution is 2.35. The molecule has 1 aromatic carbocycles. The molecule has 175 valence electrons. The van der Waals surface area contributed by atoms with Crippen LogP contribution < -0.4 is 15.6 Å². The van der Waals surface area contributed by atoms with E-state index >= 15 is 0 Å². The lowest BCUT2D eigenvalue weighted by molar-refractivity contribution is 0.135. The molecule has 7 nitrogen and oxygen atoms in total. The summed E-state index contributed by atoms with van der Waals surface area (Å²) in [4.78, 5) is 24.5. The van der Waals surface area contributed by atoms with Gasteiger partial charge >= 0.3 is 0 Å². The molecule has 2 atom stereocenters. The van der Waals surface area contributed by atoms with Crippen LogP contribution in [0.25, 0.3) is 21.3 Å². The van der Waals surface area contributed by atoms with Gasteiger partial charge in [0.05, 0.1) is 24.6 Å². The van der Waals surface area contributed by atoms with Gasteiger partial charge in [-0.15, -0.1) is 11.3 Å². The first-order valence-corrected chi connectivity index (χ1v) is 12.1. The summed E-state index contributed by atoms with van der Waals surface area (Å²) < 4.78 is 13.0. The largest absolute Gasteiger partial charge is 0.473 e. The van der Waals surface area contributed by atoms with Gasteiger partial charge in [-0.05, 0) is 44.0 Å². The average Bonchev–Trinajstić information content (AvgIpc) is 3.51. The molecule has 1 saturated heterocycles. The number of anilines is 1. The van der Waals surface area contributed by atoms with Crippen molar-refractivity contribution in [3.8, 4) is 16.3 Å². The van der Waals surface area contributed by atoms with Crippen molar-refractivity contribution in [3.63, 3.8) is 0 Å². The average molecular weight is 476 g/mol. The molecule has 0 unspecified atom stereocenters. The topological polar surface area (TPSA) is 78.3 Å². The third kappa shape index (κ3) is 4.31. The number of pyridine rings is 1. The maximum absolute atomic E-state index is 13.1. The van der Waals surface area contributed by atoms with Crippen LogP contribution >= 0.6 is 11.3 Å². The maximum Gasteiger partial charge on any atom is 0.279 e. The molecule has 0 spiro atoms. The van der Waals surface area contributed by atoms with E-state index in [1.807, 2.05) is 24.3 Å². The van der Waals surface area contributed by atoms with Gasteiger partial charge in [-0.2, -0.15) is 0 Å². The number of aryl methyl sites for hydroxylation is 1. The predicted molar refractivity (Wildman–Crippen MR) is 136 cm³/mol. The zero-order chi connectivity index (χ0) is 23.8. The van der Waals surface area contributed by atoms with E-state index in [-0.39, 0.29) is 17.7 Å². The molecule has 1 fully saturated rings. The Morgan fingerprint density at radius 3 is 2.85 bits per heavy atom. The van der Waals surface area contributed by atoms with Crippen molar-refractivity contribution >= 4 is 28.1 Å². The van der Waals surface area contributed by atoms with Gasteiger partial charge in [-0.3, -0.25) is 9.36 Å². The maximum atomic E-state index is 13.1. The standard InChI is InChI=1S/C26H27N4O3S/c1-15-7-5-6-8-19(15)22-10-9-21(34-22)16(2)27-25-20-13-23(33-18-11-12-32-14-18)30(4)26(31)24(20)28-17(3)29-25/h5-10,13,16,18H,1,11-12,14H2,2-4H3,(H,27,28,29)/t16-,18+/m1/s1. The minimum absolute atomic E-state index is 0.0233. The highest BCUT2D eigenvalue weighted by Gasteiger charge is 2.21. The van der Waals surface area contributed by atoms with Gasteiger partial charge in [-0.25, -0.2) is 9.97 Å². The van der Waals surface area contributed by atoms with E-state index in [1.165, 1.54) is 9.44 Å². The van der Waals surface area contributed by atoms with Gasteiger partial charge in [0.25, 0.3) is 5.56 Å². The molecule has 5 rings (SSSR count). The number of aromatic nitrogens is 3. The van der Waals surface area contributed by atoms with Gasteiger partial charge in [0.1, 0.15) is 23.3 Å². The summed E-state index contributed by atoms with van der Waals surface area (Å²) >= 11 is 1.72. The Labute approximate surface area is 202 Å². The predicted octanol–water partition coefficient (Wildman–Crippen LogP) is 4.89. The number of thiophene rings is 1. The van der Waals surface area contributed by atoms with Crippen molar-refractivity contribution in [2.75, 3.05) is 18.5 Å². The summed E-state index contributed by atoms with van der Waals surface area (Å²) in [5, 5.41) is 4.15. The zero-order valence-electron chi connectivity index (χ0n) is 19.5. The van der Waals surface area contributed by atoms with E-state index in [4.69, 9.17) is 9.47 Å². The Hall–Kier alpha value is -3.23. The number of ether oxygens (including phenoxy) is 2. The fourth-order valence-corrected chi connectivity index (χ4v) is 5.20. The van der Waals surface area contributed by atoms with Crippen LogP contribution in [-0.4, -0.2) is 33.9 Å². The van der Waals surface area contributed by atoms with Crippen molar-refractivity contribution < 1.29 is 9.47 Å². The molecule has 34 heavy (non-hydrogen) atoms. The van der Waals surface area contributed by atoms with Crippen LogP contribution in [0.3, 0.4) is 0 Å². The van der Waals surface area contributed by atoms with Crippen molar-refractivity contribution in [3.05, 3.63) is 76.0 Å². The molecule has 0 saturated carbocycles. The first-order chi connectivity index (χ1) is 16.4. The fraction of sp³-hybridized carbons (Fsp3) is 0.308. The zero-order valence-corrected chi connectivity index (χ0v) is 20.3. The molecule has 1 aliphatic heterocycles. The van der Waals surface area contributed by atoms with Crippen molar-refractivity contribution in [2.45, 2.75) is 32.4 Å². The van der Waals surface area contributed by atoms with Crippen LogP contribution in [0.1, 0.15) is 35.7 Å². The third-order valence-corrected chi connectivity index (χ3v) is 7.33. The molecule has 1 N–H and O–H groups in total. The van der Waals surface area contributed by atoms with Gasteiger partial charge in [0, 0.05) is 29.3 Å². The second kappa shape index (κ2) is 9.19. The Morgan fingerprint density at radius 2 is 2.09 bits per heavy atom. The van der Waals surface area contributed by atoms with Crippen molar-refractivity contribution in [1.82, 2.24) is 14.5 Å². The number of rotatable bonds is 6. The van der Waals surface area contributed by atoms with E-state index in [1.54, 1.807) is 25.3 Å². The monoisotopic (exact) mass is 475 g/mol. The Bertz CT molecular complexity index is 1410. The first kappa shape index (κ1) is 22.6. The van der Waals surface area contributed by atoms with Crippen molar-refractivity contribution in [2.24, 2.45) is 7.05 Å². The van der Waals surface area contributed by atoms with Crippen LogP contribution in [0, 0.1) is 13.8 Å². The van der Waals surface area contributed by atoms with Gasteiger partial charge in [-0.1, -0.05) is 24.3 Å². The molecule has 4 heterocycles.